The molecule has 2 rings (SSSR count). The van der Waals surface area contributed by atoms with Crippen LogP contribution in [0.15, 0.2) is 41.3 Å². The Morgan fingerprint density at radius 2 is 2.16 bits per heavy atom. The first-order valence-corrected chi connectivity index (χ1v) is 6.89. The van der Waals surface area contributed by atoms with Gasteiger partial charge < -0.3 is 27.6 Å². The fraction of sp³-hybridized carbons (Fsp3) is 0.167. The quantitative estimate of drug-likeness (QED) is 0.409. The topological polar surface area (TPSA) is 72.7 Å². The summed E-state index contributed by atoms with van der Waals surface area (Å²) in [4.78, 5) is 10.6. The van der Waals surface area contributed by atoms with E-state index in [9.17, 15) is 4.79 Å². The van der Waals surface area contributed by atoms with Gasteiger partial charge in [-0.2, -0.15) is 4.57 Å². The first kappa shape index (κ1) is 18.1. The number of hydrogen-bond acceptors (Lipinski definition) is 3. The van der Waals surface area contributed by atoms with Crippen LogP contribution in [-0.2, 0) is 11.3 Å². The summed E-state index contributed by atoms with van der Waals surface area (Å²) in [5.41, 5.74) is 1.13. The summed E-state index contributed by atoms with van der Waals surface area (Å²) in [6.45, 7) is 4.44. The smallest absolute Gasteiger partial charge is 0.314 e. The minimum absolute atomic E-state index is 0. The highest BCUT2D eigenvalue weighted by molar-refractivity contribution is 8.01. The minimum atomic E-state index is -0.794. The molecule has 104 valence electrons. The van der Waals surface area contributed by atoms with Gasteiger partial charge in [-0.15, -0.1) is 0 Å². The number of carboxylic acids is 1. The molecule has 0 radical (unpaired) electrons. The molecule has 0 aliphatic heterocycles. The molecule has 7 heteroatoms. The summed E-state index contributed by atoms with van der Waals surface area (Å²) in [5.74, 6) is -0.707. The number of halogens is 1. The molecule has 19 heavy (non-hydrogen) atoms. The maximum atomic E-state index is 10.6. The number of nitrogens with zero attached hydrogens (tertiary/aromatic N) is 1. The van der Waals surface area contributed by atoms with E-state index in [1.165, 1.54) is 16.5 Å². The largest absolute Gasteiger partial charge is 1.00 e. The van der Waals surface area contributed by atoms with E-state index in [2.05, 4.69) is 11.1 Å². The highest BCUT2D eigenvalue weighted by Crippen LogP contribution is 2.27. The molecule has 0 amide bonds. The van der Waals surface area contributed by atoms with Gasteiger partial charge in [0.25, 0.3) is 4.34 Å². The summed E-state index contributed by atoms with van der Waals surface area (Å²) in [6, 6.07) is 8.06. The summed E-state index contributed by atoms with van der Waals surface area (Å²) < 4.78 is 4.27. The zero-order valence-electron chi connectivity index (χ0n) is 10.0. The number of aromatic nitrogens is 1. The van der Waals surface area contributed by atoms with E-state index in [-0.39, 0.29) is 28.2 Å². The Bertz CT molecular complexity index is 571. The maximum absolute atomic E-state index is 10.6. The van der Waals surface area contributed by atoms with Gasteiger partial charge in [0.1, 0.15) is 10.5 Å². The first-order chi connectivity index (χ1) is 8.22. The van der Waals surface area contributed by atoms with Crippen molar-refractivity contribution < 1.29 is 36.9 Å². The normalized spacial score (nSPS) is 9.47. The summed E-state index contributed by atoms with van der Waals surface area (Å²) in [7, 11) is 0. The molecular formula is C12H14BrNO3S2. The Labute approximate surface area is 129 Å². The lowest BCUT2D eigenvalue weighted by Crippen LogP contribution is -3.00. The van der Waals surface area contributed by atoms with Crippen molar-refractivity contribution in [3.63, 3.8) is 0 Å². The zero-order chi connectivity index (χ0) is 12.3. The van der Waals surface area contributed by atoms with Crippen LogP contribution in [0.2, 0.25) is 0 Å². The third-order valence-corrected chi connectivity index (χ3v) is 4.63. The van der Waals surface area contributed by atoms with Gasteiger partial charge in [-0.3, -0.25) is 4.79 Å². The molecular weight excluding hydrogens is 350 g/mol. The van der Waals surface area contributed by atoms with Crippen molar-refractivity contribution in [3.8, 4) is 0 Å². The molecule has 1 aromatic heterocycles. The van der Waals surface area contributed by atoms with E-state index in [1.54, 1.807) is 11.3 Å². The number of benzene rings is 1. The molecule has 0 aliphatic carbocycles. The predicted octanol–water partition coefficient (Wildman–Crippen LogP) is -1.27. The second-order valence-corrected chi connectivity index (χ2v) is 5.67. The third-order valence-electron chi connectivity index (χ3n) is 2.20. The second-order valence-electron chi connectivity index (χ2n) is 3.42. The average Bonchev–Trinajstić information content (AvgIpc) is 2.66. The summed E-state index contributed by atoms with van der Waals surface area (Å²) in [6.07, 6.45) is 1.82. The number of hydrogen-bond donors (Lipinski definition) is 1. The average molecular weight is 364 g/mol. The zero-order valence-corrected chi connectivity index (χ0v) is 13.2. The van der Waals surface area contributed by atoms with E-state index in [0.29, 0.717) is 6.54 Å². The SMILES string of the molecule is C=CC[n+]1c(SCC(=O)O)sc2ccccc21.O.[Br-]. The standard InChI is InChI=1S/C12H11NO2S2.BrH.H2O/c1-2-7-13-9-5-3-4-6-10(9)17-12(13)16-8-11(14)15;;/h2-6H,1,7-8H2;1H;1H2. The highest BCUT2D eigenvalue weighted by atomic mass is 79.9. The van der Waals surface area contributed by atoms with E-state index in [1.807, 2.05) is 30.3 Å². The molecule has 0 aliphatic rings. The Morgan fingerprint density at radius 1 is 1.47 bits per heavy atom. The lowest BCUT2D eigenvalue weighted by Gasteiger charge is -1.94. The first-order valence-electron chi connectivity index (χ1n) is 5.09. The molecule has 0 unspecified atom stereocenters. The van der Waals surface area contributed by atoms with Crippen LogP contribution in [0.3, 0.4) is 0 Å². The molecule has 0 fully saturated rings. The van der Waals surface area contributed by atoms with Gasteiger partial charge in [0.05, 0.1) is 0 Å². The molecule has 0 spiro atoms. The van der Waals surface area contributed by atoms with Gasteiger partial charge >= 0.3 is 5.97 Å². The van der Waals surface area contributed by atoms with Gasteiger partial charge in [-0.1, -0.05) is 30.0 Å². The highest BCUT2D eigenvalue weighted by Gasteiger charge is 2.20. The van der Waals surface area contributed by atoms with Crippen LogP contribution >= 0.6 is 23.1 Å². The fourth-order valence-electron chi connectivity index (χ4n) is 1.55. The van der Waals surface area contributed by atoms with Crippen LogP contribution in [0.5, 0.6) is 0 Å². The van der Waals surface area contributed by atoms with Crippen LogP contribution in [0, 0.1) is 0 Å². The summed E-state index contributed by atoms with van der Waals surface area (Å²) in [5, 5.41) is 8.72. The Hall–Kier alpha value is -0.890. The molecule has 2 aromatic rings. The monoisotopic (exact) mass is 363 g/mol. The van der Waals surface area contributed by atoms with Crippen LogP contribution < -0.4 is 21.5 Å². The lowest BCUT2D eigenvalue weighted by atomic mass is 10.3. The van der Waals surface area contributed by atoms with Crippen molar-refractivity contribution in [2.75, 3.05) is 5.75 Å². The second kappa shape index (κ2) is 8.31. The van der Waals surface area contributed by atoms with E-state index < -0.39 is 5.97 Å². The van der Waals surface area contributed by atoms with Crippen molar-refractivity contribution in [2.45, 2.75) is 10.9 Å². The minimum Gasteiger partial charge on any atom is -1.00 e. The number of thioether (sulfide) groups is 1. The molecule has 3 N–H and O–H groups in total. The molecule has 0 atom stereocenters. The Balaban J connectivity index is 0.00000162. The number of thiazole rings is 1. The molecule has 0 bridgehead atoms. The van der Waals surface area contributed by atoms with Crippen LogP contribution in [0.25, 0.3) is 10.2 Å². The van der Waals surface area contributed by atoms with Crippen LogP contribution in [0.4, 0.5) is 0 Å². The van der Waals surface area contributed by atoms with Crippen molar-refractivity contribution in [3.05, 3.63) is 36.9 Å². The fourth-order valence-corrected chi connectivity index (χ4v) is 3.70. The number of carbonyl (C=O) groups is 1. The van der Waals surface area contributed by atoms with Crippen LogP contribution in [-0.4, -0.2) is 22.3 Å². The van der Waals surface area contributed by atoms with Gasteiger partial charge in [0, 0.05) is 6.07 Å². The van der Waals surface area contributed by atoms with Crippen molar-refractivity contribution in [1.82, 2.24) is 0 Å². The summed E-state index contributed by atoms with van der Waals surface area (Å²) >= 11 is 2.98. The maximum Gasteiger partial charge on any atom is 0.314 e. The van der Waals surface area contributed by atoms with E-state index in [0.717, 1.165) is 9.86 Å². The van der Waals surface area contributed by atoms with Crippen molar-refractivity contribution in [2.24, 2.45) is 0 Å². The Kier molecular flexibility index (Phi) is 7.93. The van der Waals surface area contributed by atoms with Crippen LogP contribution in [0.1, 0.15) is 0 Å². The van der Waals surface area contributed by atoms with Crippen molar-refractivity contribution in [1.29, 1.82) is 0 Å². The van der Waals surface area contributed by atoms with E-state index in [4.69, 9.17) is 5.11 Å². The molecule has 1 aromatic carbocycles. The van der Waals surface area contributed by atoms with Gasteiger partial charge in [-0.05, 0) is 23.9 Å². The number of aliphatic carboxylic acids is 1. The molecule has 0 saturated carbocycles. The molecule has 0 saturated heterocycles. The third kappa shape index (κ3) is 4.31. The Morgan fingerprint density at radius 3 is 2.79 bits per heavy atom. The number of carboxylic acid groups (broad SMARTS) is 1. The number of rotatable bonds is 5. The lowest BCUT2D eigenvalue weighted by molar-refractivity contribution is -0.692. The number of allylic oxidation sites excluding steroid dienone is 1. The molecule has 1 heterocycles. The predicted molar refractivity (Wildman–Crippen MR) is 74.2 cm³/mol. The van der Waals surface area contributed by atoms with Gasteiger partial charge in [-0.25, -0.2) is 0 Å². The number of para-hydroxylation sites is 1. The number of fused-ring (bicyclic) bond motifs is 1. The molecule has 4 nitrogen and oxygen atoms in total. The van der Waals surface area contributed by atoms with Crippen molar-refractivity contribution >= 4 is 39.3 Å². The van der Waals surface area contributed by atoms with Gasteiger partial charge in [0.15, 0.2) is 6.54 Å². The van der Waals surface area contributed by atoms with Gasteiger partial charge in [0.2, 0.25) is 5.52 Å². The van der Waals surface area contributed by atoms with E-state index >= 15 is 0 Å².